The fraction of sp³-hybridized carbons (Fsp3) is 0.889. The normalized spacial score (nSPS) is 10.1. The Hall–Kier alpha value is -0.730. The summed E-state index contributed by atoms with van der Waals surface area (Å²) in [5, 5.41) is 0. The van der Waals surface area contributed by atoms with E-state index in [0.29, 0.717) is 19.1 Å². The second-order valence-corrected chi connectivity index (χ2v) is 3.31. The maximum atomic E-state index is 11.1. The third-order valence-corrected chi connectivity index (χ3v) is 1.71. The van der Waals surface area contributed by atoms with Gasteiger partial charge in [-0.25, -0.2) is 4.79 Å². The molecule has 0 N–H and O–H groups in total. The molecular formula is C9H19NO2. The van der Waals surface area contributed by atoms with Gasteiger partial charge in [0.15, 0.2) is 0 Å². The van der Waals surface area contributed by atoms with Crippen LogP contribution in [-0.4, -0.2) is 31.2 Å². The molecule has 0 heterocycles. The zero-order valence-electron chi connectivity index (χ0n) is 8.46. The van der Waals surface area contributed by atoms with Crippen molar-refractivity contribution in [1.29, 1.82) is 0 Å². The van der Waals surface area contributed by atoms with Crippen molar-refractivity contribution in [2.24, 2.45) is 5.92 Å². The molecule has 0 aliphatic carbocycles. The Bertz CT molecular complexity index is 134. The van der Waals surface area contributed by atoms with Gasteiger partial charge in [0.1, 0.15) is 0 Å². The van der Waals surface area contributed by atoms with Crippen LogP contribution in [0.1, 0.15) is 27.2 Å². The number of amides is 1. The molecule has 0 aromatic rings. The average Bonchev–Trinajstić information content (AvgIpc) is 2.02. The van der Waals surface area contributed by atoms with Crippen molar-refractivity contribution in [3.63, 3.8) is 0 Å². The van der Waals surface area contributed by atoms with Gasteiger partial charge >= 0.3 is 6.09 Å². The summed E-state index contributed by atoms with van der Waals surface area (Å²) in [5.41, 5.74) is 0. The summed E-state index contributed by atoms with van der Waals surface area (Å²) in [5.74, 6) is 0.588. The summed E-state index contributed by atoms with van der Waals surface area (Å²) in [6.45, 7) is 7.36. The van der Waals surface area contributed by atoms with Crippen LogP contribution in [0.4, 0.5) is 4.79 Å². The molecule has 0 aliphatic heterocycles. The predicted molar refractivity (Wildman–Crippen MR) is 49.1 cm³/mol. The highest BCUT2D eigenvalue weighted by atomic mass is 16.6. The summed E-state index contributed by atoms with van der Waals surface area (Å²) in [4.78, 5) is 12.6. The molecule has 0 aromatic heterocycles. The van der Waals surface area contributed by atoms with Gasteiger partial charge in [-0.1, -0.05) is 13.8 Å². The monoisotopic (exact) mass is 173 g/mol. The lowest BCUT2D eigenvalue weighted by Crippen LogP contribution is -2.27. The third-order valence-electron chi connectivity index (χ3n) is 1.71. The van der Waals surface area contributed by atoms with E-state index in [1.165, 1.54) is 0 Å². The Morgan fingerprint density at radius 2 is 2.08 bits per heavy atom. The largest absolute Gasteiger partial charge is 0.449 e. The number of hydrogen-bond acceptors (Lipinski definition) is 2. The van der Waals surface area contributed by atoms with Crippen LogP contribution in [0.3, 0.4) is 0 Å². The molecule has 0 aliphatic rings. The molecule has 1 amide bonds. The molecular weight excluding hydrogens is 154 g/mol. The fourth-order valence-electron chi connectivity index (χ4n) is 0.621. The molecule has 0 saturated carbocycles. The molecule has 0 bridgehead atoms. The molecule has 0 atom stereocenters. The van der Waals surface area contributed by atoms with E-state index in [2.05, 4.69) is 13.8 Å². The topological polar surface area (TPSA) is 29.5 Å². The highest BCUT2D eigenvalue weighted by Gasteiger charge is 2.06. The Kier molecular flexibility index (Phi) is 5.51. The van der Waals surface area contributed by atoms with Crippen LogP contribution in [0.15, 0.2) is 0 Å². The van der Waals surface area contributed by atoms with Gasteiger partial charge in [0.25, 0.3) is 0 Å². The van der Waals surface area contributed by atoms with Crippen molar-refractivity contribution in [2.45, 2.75) is 27.2 Å². The summed E-state index contributed by atoms with van der Waals surface area (Å²) in [7, 11) is 1.73. The van der Waals surface area contributed by atoms with Crippen LogP contribution in [0.25, 0.3) is 0 Å². The number of nitrogens with zero attached hydrogens (tertiary/aromatic N) is 1. The molecule has 0 aromatic carbocycles. The molecule has 0 saturated heterocycles. The predicted octanol–water partition coefficient (Wildman–Crippen LogP) is 2.12. The van der Waals surface area contributed by atoms with Crippen molar-refractivity contribution in [3.8, 4) is 0 Å². The second-order valence-electron chi connectivity index (χ2n) is 3.31. The summed E-state index contributed by atoms with van der Waals surface area (Å²) < 4.78 is 4.99. The number of carbonyl (C=O) groups is 1. The highest BCUT2D eigenvalue weighted by molar-refractivity contribution is 5.67. The van der Waals surface area contributed by atoms with Gasteiger partial charge < -0.3 is 9.64 Å². The van der Waals surface area contributed by atoms with E-state index in [1.807, 2.05) is 6.92 Å². The summed E-state index contributed by atoms with van der Waals surface area (Å²) in [6, 6.07) is 0. The van der Waals surface area contributed by atoms with Gasteiger partial charge in [0, 0.05) is 13.6 Å². The molecule has 0 rings (SSSR count). The first-order valence-electron chi connectivity index (χ1n) is 4.45. The summed E-state index contributed by atoms with van der Waals surface area (Å²) >= 11 is 0. The molecule has 0 fully saturated rings. The maximum Gasteiger partial charge on any atom is 0.409 e. The standard InChI is InChI=1S/C9H19NO2/c1-5-10(4)9(11)12-7-6-8(2)3/h8H,5-7H2,1-4H3. The Labute approximate surface area is 74.7 Å². The number of ether oxygens (including phenoxy) is 1. The zero-order chi connectivity index (χ0) is 9.56. The van der Waals surface area contributed by atoms with E-state index in [1.54, 1.807) is 11.9 Å². The SMILES string of the molecule is CCN(C)C(=O)OCCC(C)C. The first kappa shape index (κ1) is 11.3. The molecule has 12 heavy (non-hydrogen) atoms. The lowest BCUT2D eigenvalue weighted by Gasteiger charge is -2.14. The van der Waals surface area contributed by atoms with Gasteiger partial charge in [-0.3, -0.25) is 0 Å². The lowest BCUT2D eigenvalue weighted by molar-refractivity contribution is 0.108. The molecule has 0 spiro atoms. The van der Waals surface area contributed by atoms with Crippen molar-refractivity contribution in [2.75, 3.05) is 20.2 Å². The number of carbonyl (C=O) groups excluding carboxylic acids is 1. The maximum absolute atomic E-state index is 11.1. The van der Waals surface area contributed by atoms with Gasteiger partial charge in [-0.2, -0.15) is 0 Å². The van der Waals surface area contributed by atoms with Crippen molar-refractivity contribution in [1.82, 2.24) is 4.90 Å². The quantitative estimate of drug-likeness (QED) is 0.651. The first-order chi connectivity index (χ1) is 5.57. The van der Waals surface area contributed by atoms with Crippen LogP contribution < -0.4 is 0 Å². The van der Waals surface area contributed by atoms with Crippen LogP contribution in [0.5, 0.6) is 0 Å². The van der Waals surface area contributed by atoms with E-state index < -0.39 is 0 Å². The first-order valence-corrected chi connectivity index (χ1v) is 4.45. The van der Waals surface area contributed by atoms with Gasteiger partial charge in [0.2, 0.25) is 0 Å². The van der Waals surface area contributed by atoms with E-state index in [4.69, 9.17) is 4.74 Å². The average molecular weight is 173 g/mol. The van der Waals surface area contributed by atoms with Crippen molar-refractivity contribution < 1.29 is 9.53 Å². The van der Waals surface area contributed by atoms with Crippen LogP contribution >= 0.6 is 0 Å². The Morgan fingerprint density at radius 1 is 1.50 bits per heavy atom. The minimum atomic E-state index is -0.224. The number of rotatable bonds is 4. The Balaban J connectivity index is 3.44. The van der Waals surface area contributed by atoms with E-state index in [9.17, 15) is 4.79 Å². The van der Waals surface area contributed by atoms with Crippen molar-refractivity contribution >= 4 is 6.09 Å². The van der Waals surface area contributed by atoms with E-state index in [-0.39, 0.29) is 6.09 Å². The van der Waals surface area contributed by atoms with Gasteiger partial charge in [-0.15, -0.1) is 0 Å². The van der Waals surface area contributed by atoms with Gasteiger partial charge in [0.05, 0.1) is 6.61 Å². The molecule has 0 unspecified atom stereocenters. The van der Waals surface area contributed by atoms with Gasteiger partial charge in [-0.05, 0) is 19.3 Å². The van der Waals surface area contributed by atoms with Crippen molar-refractivity contribution in [3.05, 3.63) is 0 Å². The molecule has 3 heteroatoms. The molecule has 72 valence electrons. The number of hydrogen-bond donors (Lipinski definition) is 0. The molecule has 0 radical (unpaired) electrons. The second kappa shape index (κ2) is 5.86. The zero-order valence-corrected chi connectivity index (χ0v) is 8.46. The minimum absolute atomic E-state index is 0.224. The van der Waals surface area contributed by atoms with E-state index in [0.717, 1.165) is 6.42 Å². The fourth-order valence-corrected chi connectivity index (χ4v) is 0.621. The minimum Gasteiger partial charge on any atom is -0.449 e. The Morgan fingerprint density at radius 3 is 2.50 bits per heavy atom. The van der Waals surface area contributed by atoms with Crippen LogP contribution in [0, 0.1) is 5.92 Å². The summed E-state index contributed by atoms with van der Waals surface area (Å²) in [6.07, 6.45) is 0.710. The highest BCUT2D eigenvalue weighted by Crippen LogP contribution is 2.00. The third kappa shape index (κ3) is 4.99. The van der Waals surface area contributed by atoms with Crippen LogP contribution in [-0.2, 0) is 4.74 Å². The van der Waals surface area contributed by atoms with E-state index >= 15 is 0 Å². The lowest BCUT2D eigenvalue weighted by atomic mass is 10.1. The van der Waals surface area contributed by atoms with Crippen LogP contribution in [0.2, 0.25) is 0 Å². The molecule has 3 nitrogen and oxygen atoms in total. The smallest absolute Gasteiger partial charge is 0.409 e.